The molecule has 76 valence electrons. The van der Waals surface area contributed by atoms with Crippen LogP contribution in [-0.2, 0) is 0 Å². The summed E-state index contributed by atoms with van der Waals surface area (Å²) in [4.78, 5) is 0. The summed E-state index contributed by atoms with van der Waals surface area (Å²) in [5, 5.41) is 9.38. The second-order valence-electron chi connectivity index (χ2n) is 3.44. The number of ether oxygens (including phenoxy) is 1. The molecule has 2 rings (SSSR count). The molecule has 0 unspecified atom stereocenters. The molecule has 1 N–H and O–H groups in total. The van der Waals surface area contributed by atoms with Gasteiger partial charge in [0.2, 0.25) is 0 Å². The molecule has 2 nitrogen and oxygen atoms in total. The zero-order valence-corrected chi connectivity index (χ0v) is 8.92. The van der Waals surface area contributed by atoms with E-state index in [-0.39, 0.29) is 11.7 Å². The van der Waals surface area contributed by atoms with Crippen molar-refractivity contribution in [3.8, 4) is 11.5 Å². The van der Waals surface area contributed by atoms with Crippen LogP contribution in [0.2, 0.25) is 0 Å². The Morgan fingerprint density at radius 2 is 2.07 bits per heavy atom. The first-order valence-electron chi connectivity index (χ1n) is 4.38. The van der Waals surface area contributed by atoms with Gasteiger partial charge >= 0.3 is 0 Å². The maximum absolute atomic E-state index is 9.38. The molecule has 0 radical (unpaired) electrons. The lowest BCUT2D eigenvalue weighted by molar-refractivity contribution is 0.283. The van der Waals surface area contributed by atoms with Gasteiger partial charge in [0.25, 0.3) is 0 Å². The third-order valence-electron chi connectivity index (χ3n) is 2.26. The van der Waals surface area contributed by atoms with Gasteiger partial charge in [0.05, 0.1) is 6.61 Å². The Morgan fingerprint density at radius 3 is 2.64 bits per heavy atom. The van der Waals surface area contributed by atoms with Crippen LogP contribution in [0.4, 0.5) is 0 Å². The van der Waals surface area contributed by atoms with Crippen LogP contribution in [0.5, 0.6) is 11.5 Å². The van der Waals surface area contributed by atoms with E-state index < -0.39 is 4.33 Å². The molecule has 1 saturated carbocycles. The van der Waals surface area contributed by atoms with E-state index in [9.17, 15) is 5.11 Å². The molecule has 0 amide bonds. The summed E-state index contributed by atoms with van der Waals surface area (Å²) >= 11 is 11.7. The van der Waals surface area contributed by atoms with Crippen molar-refractivity contribution in [1.82, 2.24) is 0 Å². The van der Waals surface area contributed by atoms with Crippen LogP contribution in [0.1, 0.15) is 6.42 Å². The highest BCUT2D eigenvalue weighted by Crippen LogP contribution is 2.53. The zero-order chi connectivity index (χ0) is 10.2. The van der Waals surface area contributed by atoms with Crippen molar-refractivity contribution in [2.45, 2.75) is 10.8 Å². The van der Waals surface area contributed by atoms with Crippen LogP contribution in [-0.4, -0.2) is 16.0 Å². The van der Waals surface area contributed by atoms with Gasteiger partial charge in [0, 0.05) is 5.92 Å². The fraction of sp³-hybridized carbons (Fsp3) is 0.400. The Kier molecular flexibility index (Phi) is 2.50. The van der Waals surface area contributed by atoms with Crippen molar-refractivity contribution in [1.29, 1.82) is 0 Å². The predicted octanol–water partition coefficient (Wildman–Crippen LogP) is 2.96. The van der Waals surface area contributed by atoms with Crippen LogP contribution in [0.25, 0.3) is 0 Å². The van der Waals surface area contributed by atoms with E-state index in [1.807, 2.05) is 0 Å². The van der Waals surface area contributed by atoms with Crippen molar-refractivity contribution in [2.24, 2.45) is 5.92 Å². The SMILES string of the molecule is Oc1ccccc1OC[C@@H]1CC1(Cl)Cl. The lowest BCUT2D eigenvalue weighted by Gasteiger charge is -2.07. The fourth-order valence-corrected chi connectivity index (χ4v) is 1.72. The number of aromatic hydroxyl groups is 1. The van der Waals surface area contributed by atoms with Crippen molar-refractivity contribution in [3.05, 3.63) is 24.3 Å². The molecule has 0 saturated heterocycles. The highest BCUT2D eigenvalue weighted by molar-refractivity contribution is 6.50. The molecule has 4 heteroatoms. The number of para-hydroxylation sites is 2. The summed E-state index contributed by atoms with van der Waals surface area (Å²) in [7, 11) is 0. The van der Waals surface area contributed by atoms with Crippen molar-refractivity contribution in [3.63, 3.8) is 0 Å². The molecule has 1 aliphatic carbocycles. The molecule has 0 heterocycles. The van der Waals surface area contributed by atoms with Crippen LogP contribution >= 0.6 is 23.2 Å². The largest absolute Gasteiger partial charge is 0.504 e. The Bertz CT molecular complexity index is 339. The molecular formula is C10H10Cl2O2. The summed E-state index contributed by atoms with van der Waals surface area (Å²) in [5.41, 5.74) is 0. The van der Waals surface area contributed by atoms with Crippen molar-refractivity contribution in [2.75, 3.05) is 6.61 Å². The van der Waals surface area contributed by atoms with Gasteiger partial charge in [-0.2, -0.15) is 0 Å². The topological polar surface area (TPSA) is 29.5 Å². The number of hydrogen-bond donors (Lipinski definition) is 1. The van der Waals surface area contributed by atoms with E-state index in [2.05, 4.69) is 0 Å². The first-order valence-corrected chi connectivity index (χ1v) is 5.14. The average Bonchev–Trinajstić information content (AvgIpc) is 2.73. The Labute approximate surface area is 92.4 Å². The molecule has 0 aromatic heterocycles. The number of rotatable bonds is 3. The molecule has 1 atom stereocenters. The summed E-state index contributed by atoms with van der Waals surface area (Å²) in [6.45, 7) is 0.449. The second-order valence-corrected chi connectivity index (χ2v) is 4.98. The lowest BCUT2D eigenvalue weighted by atomic mass is 10.3. The highest BCUT2D eigenvalue weighted by atomic mass is 35.5. The number of phenolic OH excluding ortho intramolecular Hbond substituents is 1. The van der Waals surface area contributed by atoms with Gasteiger partial charge in [-0.1, -0.05) is 12.1 Å². The highest BCUT2D eigenvalue weighted by Gasteiger charge is 2.52. The van der Waals surface area contributed by atoms with E-state index in [4.69, 9.17) is 27.9 Å². The van der Waals surface area contributed by atoms with Gasteiger partial charge in [-0.15, -0.1) is 23.2 Å². The maximum atomic E-state index is 9.38. The number of phenols is 1. The standard InChI is InChI=1S/C10H10Cl2O2/c11-10(12)5-7(10)6-14-9-4-2-1-3-8(9)13/h1-4,7,13H,5-6H2/t7-/m0/s1. The van der Waals surface area contributed by atoms with Gasteiger partial charge in [0.15, 0.2) is 11.5 Å². The van der Waals surface area contributed by atoms with Crippen molar-refractivity contribution < 1.29 is 9.84 Å². The summed E-state index contributed by atoms with van der Waals surface area (Å²) in [5.74, 6) is 0.789. The second kappa shape index (κ2) is 3.52. The smallest absolute Gasteiger partial charge is 0.160 e. The van der Waals surface area contributed by atoms with Crippen LogP contribution in [0.15, 0.2) is 24.3 Å². The number of hydrogen-bond acceptors (Lipinski definition) is 2. The van der Waals surface area contributed by atoms with E-state index in [1.54, 1.807) is 24.3 Å². The van der Waals surface area contributed by atoms with E-state index in [0.717, 1.165) is 6.42 Å². The van der Waals surface area contributed by atoms with Gasteiger partial charge in [0.1, 0.15) is 4.33 Å². The van der Waals surface area contributed by atoms with E-state index >= 15 is 0 Å². The van der Waals surface area contributed by atoms with Crippen LogP contribution in [0, 0.1) is 5.92 Å². The monoisotopic (exact) mass is 232 g/mol. The molecule has 0 aliphatic heterocycles. The molecule has 1 aromatic rings. The van der Waals surface area contributed by atoms with Crippen LogP contribution in [0.3, 0.4) is 0 Å². The number of benzene rings is 1. The first kappa shape index (κ1) is 9.94. The van der Waals surface area contributed by atoms with Gasteiger partial charge in [-0.05, 0) is 18.6 Å². The van der Waals surface area contributed by atoms with Gasteiger partial charge in [-0.3, -0.25) is 0 Å². The minimum Gasteiger partial charge on any atom is -0.504 e. The van der Waals surface area contributed by atoms with Crippen molar-refractivity contribution >= 4 is 23.2 Å². The van der Waals surface area contributed by atoms with E-state index in [1.165, 1.54) is 0 Å². The summed E-state index contributed by atoms with van der Waals surface area (Å²) in [6.07, 6.45) is 0.754. The van der Waals surface area contributed by atoms with Crippen LogP contribution < -0.4 is 4.74 Å². The molecule has 14 heavy (non-hydrogen) atoms. The Hall–Kier alpha value is -0.600. The predicted molar refractivity (Wildman–Crippen MR) is 56.1 cm³/mol. The third-order valence-corrected chi connectivity index (χ3v) is 3.19. The molecule has 1 aromatic carbocycles. The Morgan fingerprint density at radius 1 is 1.43 bits per heavy atom. The molecule has 0 bridgehead atoms. The van der Waals surface area contributed by atoms with Gasteiger partial charge < -0.3 is 9.84 Å². The minimum atomic E-state index is -0.621. The first-order chi connectivity index (χ1) is 6.59. The quantitative estimate of drug-likeness (QED) is 0.813. The zero-order valence-electron chi connectivity index (χ0n) is 7.41. The molecule has 1 fully saturated rings. The normalized spacial score (nSPS) is 23.1. The summed E-state index contributed by atoms with van der Waals surface area (Å²) < 4.78 is 4.76. The fourth-order valence-electron chi connectivity index (χ4n) is 1.22. The molecule has 0 spiro atoms. The average molecular weight is 233 g/mol. The van der Waals surface area contributed by atoms with E-state index in [0.29, 0.717) is 12.4 Å². The maximum Gasteiger partial charge on any atom is 0.160 e. The number of alkyl halides is 2. The molecular weight excluding hydrogens is 223 g/mol. The Balaban J connectivity index is 1.90. The third kappa shape index (κ3) is 2.07. The summed E-state index contributed by atoms with van der Waals surface area (Å²) in [6, 6.07) is 6.84. The minimum absolute atomic E-state index is 0.142. The number of halogens is 2. The lowest BCUT2D eigenvalue weighted by Crippen LogP contribution is -2.04. The molecule has 1 aliphatic rings. The van der Waals surface area contributed by atoms with Gasteiger partial charge in [-0.25, -0.2) is 0 Å².